The largest absolute Gasteiger partial charge is 0.383 e. The van der Waals surface area contributed by atoms with E-state index in [1.165, 1.54) is 11.9 Å². The summed E-state index contributed by atoms with van der Waals surface area (Å²) < 4.78 is 0. The molecule has 2 rings (SSSR count). The minimum atomic E-state index is 0.545. The standard InChI is InChI=1S/C9H9N3.2C2H6/c1-6-2-3-8-7(4-6)9(10)12-5-11-8;2*1-2/h2-5H,1H3,(H2,10,11,12);2*1-2H3. The third-order valence-corrected chi connectivity index (χ3v) is 1.82. The first-order chi connectivity index (χ1) is 7.77. The lowest BCUT2D eigenvalue weighted by Crippen LogP contribution is -1.92. The van der Waals surface area contributed by atoms with E-state index >= 15 is 0 Å². The Morgan fingerprint density at radius 2 is 1.62 bits per heavy atom. The normalized spacial score (nSPS) is 8.56. The maximum atomic E-state index is 5.67. The van der Waals surface area contributed by atoms with Crippen molar-refractivity contribution >= 4 is 16.7 Å². The van der Waals surface area contributed by atoms with Gasteiger partial charge in [0, 0.05) is 5.39 Å². The van der Waals surface area contributed by atoms with Gasteiger partial charge in [-0.3, -0.25) is 0 Å². The Kier molecular flexibility index (Phi) is 6.84. The van der Waals surface area contributed by atoms with Crippen LogP contribution in [0, 0.1) is 6.92 Å². The van der Waals surface area contributed by atoms with Crippen LogP contribution in [0.25, 0.3) is 10.9 Å². The van der Waals surface area contributed by atoms with Crippen molar-refractivity contribution in [3.05, 3.63) is 30.1 Å². The summed E-state index contributed by atoms with van der Waals surface area (Å²) in [6, 6.07) is 5.95. The van der Waals surface area contributed by atoms with Gasteiger partial charge in [-0.05, 0) is 19.1 Å². The van der Waals surface area contributed by atoms with E-state index in [1.54, 1.807) is 0 Å². The number of aromatic nitrogens is 2. The van der Waals surface area contributed by atoms with E-state index in [-0.39, 0.29) is 0 Å². The molecule has 88 valence electrons. The lowest BCUT2D eigenvalue weighted by molar-refractivity contribution is 1.23. The van der Waals surface area contributed by atoms with Gasteiger partial charge in [-0.1, -0.05) is 39.3 Å². The van der Waals surface area contributed by atoms with Crippen LogP contribution in [0.3, 0.4) is 0 Å². The third-order valence-electron chi connectivity index (χ3n) is 1.82. The van der Waals surface area contributed by atoms with E-state index in [2.05, 4.69) is 9.97 Å². The zero-order valence-electron chi connectivity index (χ0n) is 10.8. The molecule has 0 unspecified atom stereocenters. The Balaban J connectivity index is 0.000000509. The predicted octanol–water partition coefficient (Wildman–Crippen LogP) is 3.57. The van der Waals surface area contributed by atoms with Gasteiger partial charge in [0.05, 0.1) is 5.52 Å². The summed E-state index contributed by atoms with van der Waals surface area (Å²) in [5.74, 6) is 0.545. The van der Waals surface area contributed by atoms with E-state index in [0.29, 0.717) is 5.82 Å². The molecular formula is C13H21N3. The quantitative estimate of drug-likeness (QED) is 0.737. The summed E-state index contributed by atoms with van der Waals surface area (Å²) in [6.45, 7) is 10.0. The van der Waals surface area contributed by atoms with Crippen LogP contribution in [0.2, 0.25) is 0 Å². The highest BCUT2D eigenvalue weighted by Crippen LogP contribution is 2.17. The first-order valence-corrected chi connectivity index (χ1v) is 5.74. The highest BCUT2D eigenvalue weighted by atomic mass is 14.9. The zero-order chi connectivity index (χ0) is 12.6. The highest BCUT2D eigenvalue weighted by Gasteiger charge is 1.98. The fourth-order valence-corrected chi connectivity index (χ4v) is 1.19. The number of nitrogens with two attached hydrogens (primary N) is 1. The molecule has 2 aromatic rings. The average molecular weight is 219 g/mol. The van der Waals surface area contributed by atoms with Crippen LogP contribution in [0.15, 0.2) is 24.5 Å². The molecular weight excluding hydrogens is 198 g/mol. The number of nitrogens with zero attached hydrogens (tertiary/aromatic N) is 2. The van der Waals surface area contributed by atoms with Crippen molar-refractivity contribution in [1.29, 1.82) is 0 Å². The lowest BCUT2D eigenvalue weighted by Gasteiger charge is -1.99. The zero-order valence-corrected chi connectivity index (χ0v) is 10.8. The number of anilines is 1. The summed E-state index contributed by atoms with van der Waals surface area (Å²) in [4.78, 5) is 8.01. The molecule has 0 aliphatic carbocycles. The Labute approximate surface area is 97.7 Å². The number of benzene rings is 1. The Morgan fingerprint density at radius 3 is 2.25 bits per heavy atom. The van der Waals surface area contributed by atoms with Crippen LogP contribution < -0.4 is 5.73 Å². The van der Waals surface area contributed by atoms with Crippen LogP contribution >= 0.6 is 0 Å². The summed E-state index contributed by atoms with van der Waals surface area (Å²) >= 11 is 0. The Bertz CT molecular complexity index is 424. The maximum absolute atomic E-state index is 5.67. The number of hydrogen-bond acceptors (Lipinski definition) is 3. The molecule has 0 saturated carbocycles. The second kappa shape index (κ2) is 7.63. The monoisotopic (exact) mass is 219 g/mol. The van der Waals surface area contributed by atoms with Gasteiger partial charge in [0.25, 0.3) is 0 Å². The van der Waals surface area contributed by atoms with Gasteiger partial charge < -0.3 is 5.73 Å². The summed E-state index contributed by atoms with van der Waals surface area (Å²) in [5.41, 5.74) is 7.74. The Morgan fingerprint density at radius 1 is 1.00 bits per heavy atom. The number of rotatable bonds is 0. The third kappa shape index (κ3) is 3.50. The summed E-state index contributed by atoms with van der Waals surface area (Å²) in [6.07, 6.45) is 1.48. The van der Waals surface area contributed by atoms with Crippen LogP contribution in [-0.4, -0.2) is 9.97 Å². The van der Waals surface area contributed by atoms with Crippen molar-refractivity contribution in [2.75, 3.05) is 5.73 Å². The molecule has 0 aliphatic heterocycles. The van der Waals surface area contributed by atoms with E-state index in [4.69, 9.17) is 5.73 Å². The van der Waals surface area contributed by atoms with E-state index in [9.17, 15) is 0 Å². The van der Waals surface area contributed by atoms with Gasteiger partial charge in [-0.15, -0.1) is 0 Å². The number of nitrogen functional groups attached to an aromatic ring is 1. The van der Waals surface area contributed by atoms with E-state index < -0.39 is 0 Å². The van der Waals surface area contributed by atoms with E-state index in [0.717, 1.165) is 10.9 Å². The molecule has 0 radical (unpaired) electrons. The van der Waals surface area contributed by atoms with Crippen LogP contribution in [0.5, 0.6) is 0 Å². The second-order valence-corrected chi connectivity index (χ2v) is 2.78. The fourth-order valence-electron chi connectivity index (χ4n) is 1.19. The Hall–Kier alpha value is -1.64. The van der Waals surface area contributed by atoms with Crippen LogP contribution in [-0.2, 0) is 0 Å². The maximum Gasteiger partial charge on any atom is 0.134 e. The topological polar surface area (TPSA) is 51.8 Å². The van der Waals surface area contributed by atoms with Gasteiger partial charge in [0.1, 0.15) is 12.1 Å². The number of fused-ring (bicyclic) bond motifs is 1. The SMILES string of the molecule is CC.CC.Cc1ccc2ncnc(N)c2c1. The van der Waals surface area contributed by atoms with Gasteiger partial charge in [0.15, 0.2) is 0 Å². The van der Waals surface area contributed by atoms with Crippen molar-refractivity contribution in [3.63, 3.8) is 0 Å². The first kappa shape index (κ1) is 14.4. The molecule has 3 heteroatoms. The van der Waals surface area contributed by atoms with Gasteiger partial charge >= 0.3 is 0 Å². The van der Waals surface area contributed by atoms with E-state index in [1.807, 2.05) is 52.8 Å². The predicted molar refractivity (Wildman–Crippen MR) is 71.4 cm³/mol. The number of aryl methyl sites for hydroxylation is 1. The van der Waals surface area contributed by atoms with Gasteiger partial charge in [-0.2, -0.15) is 0 Å². The molecule has 2 N–H and O–H groups in total. The molecule has 1 aromatic carbocycles. The van der Waals surface area contributed by atoms with Crippen molar-refractivity contribution in [2.24, 2.45) is 0 Å². The van der Waals surface area contributed by atoms with Crippen molar-refractivity contribution in [2.45, 2.75) is 34.6 Å². The van der Waals surface area contributed by atoms with Crippen molar-refractivity contribution in [1.82, 2.24) is 9.97 Å². The molecule has 0 spiro atoms. The molecule has 1 heterocycles. The molecule has 16 heavy (non-hydrogen) atoms. The lowest BCUT2D eigenvalue weighted by atomic mass is 10.1. The molecule has 0 saturated heterocycles. The smallest absolute Gasteiger partial charge is 0.134 e. The van der Waals surface area contributed by atoms with Crippen LogP contribution in [0.4, 0.5) is 5.82 Å². The molecule has 0 amide bonds. The van der Waals surface area contributed by atoms with Gasteiger partial charge in [0.2, 0.25) is 0 Å². The highest BCUT2D eigenvalue weighted by molar-refractivity contribution is 5.88. The van der Waals surface area contributed by atoms with Crippen LogP contribution in [0.1, 0.15) is 33.3 Å². The van der Waals surface area contributed by atoms with Gasteiger partial charge in [-0.25, -0.2) is 9.97 Å². The molecule has 0 atom stereocenters. The molecule has 0 aliphatic rings. The molecule has 3 nitrogen and oxygen atoms in total. The summed E-state index contributed by atoms with van der Waals surface area (Å²) in [5, 5.41) is 0.928. The summed E-state index contributed by atoms with van der Waals surface area (Å²) in [7, 11) is 0. The first-order valence-electron chi connectivity index (χ1n) is 5.74. The average Bonchev–Trinajstić information content (AvgIpc) is 2.35. The molecule has 1 aromatic heterocycles. The second-order valence-electron chi connectivity index (χ2n) is 2.78. The van der Waals surface area contributed by atoms with Crippen molar-refractivity contribution in [3.8, 4) is 0 Å². The minimum Gasteiger partial charge on any atom is -0.383 e. The fraction of sp³-hybridized carbons (Fsp3) is 0.385. The molecule has 0 bridgehead atoms. The number of hydrogen-bond donors (Lipinski definition) is 1. The van der Waals surface area contributed by atoms with Crippen molar-refractivity contribution < 1.29 is 0 Å². The molecule has 0 fully saturated rings. The minimum absolute atomic E-state index is 0.545.